The molecule has 39 heavy (non-hydrogen) atoms. The first-order chi connectivity index (χ1) is 18.7. The number of allylic oxidation sites excluding steroid dienone is 6. The van der Waals surface area contributed by atoms with E-state index in [0.717, 1.165) is 49.7 Å². The van der Waals surface area contributed by atoms with E-state index < -0.39 is 0 Å². The molecule has 5 rings (SSSR count). The van der Waals surface area contributed by atoms with Crippen LogP contribution >= 0.6 is 0 Å². The molecule has 4 aromatic carbocycles. The molecule has 0 fully saturated rings. The second kappa shape index (κ2) is 18.8. The van der Waals surface area contributed by atoms with Crippen molar-refractivity contribution < 1.29 is 26.5 Å². The zero-order chi connectivity index (χ0) is 26.8. The van der Waals surface area contributed by atoms with Crippen LogP contribution in [-0.4, -0.2) is 9.52 Å². The first kappa shape index (κ1) is 31.8. The molecule has 0 saturated carbocycles. The topological polar surface area (TPSA) is 9.23 Å². The van der Waals surface area contributed by atoms with Crippen LogP contribution in [0.15, 0.2) is 140 Å². The van der Waals surface area contributed by atoms with E-state index in [1.165, 1.54) is 5.56 Å². The molecule has 0 saturated heterocycles. The molecule has 0 atom stereocenters. The fourth-order valence-electron chi connectivity index (χ4n) is 3.58. The minimum absolute atomic E-state index is 0. The third kappa shape index (κ3) is 11.5. The molecular weight excluding hydrogens is 524 g/mol. The van der Waals surface area contributed by atoms with Gasteiger partial charge in [-0.1, -0.05) is 134 Å². The van der Waals surface area contributed by atoms with Gasteiger partial charge in [0.25, 0.3) is 0 Å². The maximum absolute atomic E-state index is 6.45. The SMILES string of the molecule is C[SiH]C.Cc1ccc(C=CC(=C(Oc2ccccc2)c2ccccc2)c2ccccc2)cc1.[C-]1=CC=CC1.[Ti]. The molecule has 3 heteroatoms. The van der Waals surface area contributed by atoms with Gasteiger partial charge in [-0.05, 0) is 30.2 Å². The normalized spacial score (nSPS) is 11.9. The molecule has 0 heterocycles. The van der Waals surface area contributed by atoms with Gasteiger partial charge < -0.3 is 4.74 Å². The summed E-state index contributed by atoms with van der Waals surface area (Å²) in [5, 5.41) is 0. The second-order valence-electron chi connectivity index (χ2n) is 8.71. The van der Waals surface area contributed by atoms with Crippen molar-refractivity contribution in [2.24, 2.45) is 0 Å². The van der Waals surface area contributed by atoms with Crippen LogP contribution in [0.2, 0.25) is 13.1 Å². The Morgan fingerprint density at radius 1 is 0.744 bits per heavy atom. The van der Waals surface area contributed by atoms with Crippen LogP contribution in [0.1, 0.15) is 28.7 Å². The fourth-order valence-corrected chi connectivity index (χ4v) is 3.58. The molecule has 1 aliphatic rings. The third-order valence-electron chi connectivity index (χ3n) is 5.43. The van der Waals surface area contributed by atoms with Crippen molar-refractivity contribution in [2.75, 3.05) is 0 Å². The number of benzene rings is 4. The second-order valence-corrected chi connectivity index (χ2v) is 9.87. The zero-order valence-electron chi connectivity index (χ0n) is 23.0. The number of rotatable bonds is 6. The average molecular weight is 561 g/mol. The molecular formula is C36H36OSiTi-. The van der Waals surface area contributed by atoms with Gasteiger partial charge in [0.05, 0.1) is 0 Å². The summed E-state index contributed by atoms with van der Waals surface area (Å²) < 4.78 is 6.45. The van der Waals surface area contributed by atoms with Gasteiger partial charge in [0.2, 0.25) is 0 Å². The molecule has 1 nitrogen and oxygen atoms in total. The van der Waals surface area contributed by atoms with E-state index in [4.69, 9.17) is 4.74 Å². The largest absolute Gasteiger partial charge is 0.456 e. The Hall–Kier alpha value is -3.43. The van der Waals surface area contributed by atoms with Gasteiger partial charge in [-0.2, -0.15) is 6.08 Å². The minimum atomic E-state index is 0. The standard InChI is InChI=1S/C29H24O.C5H5.C2H7Si.Ti/c1-23-17-19-24(20-18-23)21-22-28(25-11-5-2-6-12-25)29(26-13-7-3-8-14-26)30-27-15-9-4-10-16-27;1-2-4-5-3-1;1-3-2;/h2-22H,1H3;1-3H,4H2;3H,1-2H3;/q;-1;;. The zero-order valence-corrected chi connectivity index (χ0v) is 25.8. The van der Waals surface area contributed by atoms with Crippen LogP contribution in [0.25, 0.3) is 17.4 Å². The van der Waals surface area contributed by atoms with Crippen LogP contribution < -0.4 is 4.74 Å². The Kier molecular flexibility index (Phi) is 15.3. The van der Waals surface area contributed by atoms with Crippen LogP contribution in [0.3, 0.4) is 0 Å². The van der Waals surface area contributed by atoms with Gasteiger partial charge in [0, 0.05) is 42.4 Å². The molecule has 0 unspecified atom stereocenters. The molecule has 0 bridgehead atoms. The van der Waals surface area contributed by atoms with Gasteiger partial charge >= 0.3 is 0 Å². The van der Waals surface area contributed by atoms with Crippen molar-refractivity contribution in [2.45, 2.75) is 26.4 Å². The molecule has 4 aromatic rings. The Morgan fingerprint density at radius 3 is 1.77 bits per heavy atom. The van der Waals surface area contributed by atoms with E-state index in [0.29, 0.717) is 0 Å². The number of aryl methyl sites for hydroxylation is 1. The van der Waals surface area contributed by atoms with Crippen molar-refractivity contribution >= 4 is 26.9 Å². The Morgan fingerprint density at radius 2 is 1.28 bits per heavy atom. The summed E-state index contributed by atoms with van der Waals surface area (Å²) in [5.74, 6) is 1.64. The van der Waals surface area contributed by atoms with Crippen LogP contribution in [0, 0.1) is 13.0 Å². The van der Waals surface area contributed by atoms with E-state index in [1.807, 2.05) is 66.7 Å². The average Bonchev–Trinajstić information content (AvgIpc) is 3.56. The molecule has 0 amide bonds. The Balaban J connectivity index is 0.000000516. The van der Waals surface area contributed by atoms with E-state index in [9.17, 15) is 0 Å². The van der Waals surface area contributed by atoms with E-state index in [2.05, 4.69) is 105 Å². The monoisotopic (exact) mass is 560 g/mol. The predicted molar refractivity (Wildman–Crippen MR) is 167 cm³/mol. The number of hydrogen-bond donors (Lipinski definition) is 0. The predicted octanol–water partition coefficient (Wildman–Crippen LogP) is 9.48. The van der Waals surface area contributed by atoms with Crippen LogP contribution in [-0.2, 0) is 21.7 Å². The van der Waals surface area contributed by atoms with Crippen molar-refractivity contribution in [1.29, 1.82) is 0 Å². The maximum Gasteiger partial charge on any atom is 0.142 e. The minimum Gasteiger partial charge on any atom is -0.456 e. The summed E-state index contributed by atoms with van der Waals surface area (Å²) in [5.41, 5.74) is 5.58. The molecule has 0 aromatic heterocycles. The summed E-state index contributed by atoms with van der Waals surface area (Å²) in [6, 6.07) is 39.1. The molecule has 0 spiro atoms. The van der Waals surface area contributed by atoms with Crippen molar-refractivity contribution in [3.8, 4) is 5.75 Å². The number of ether oxygens (including phenoxy) is 1. The number of hydrogen-bond acceptors (Lipinski definition) is 1. The van der Waals surface area contributed by atoms with E-state index in [1.54, 1.807) is 0 Å². The van der Waals surface area contributed by atoms with Gasteiger partial charge in [-0.3, -0.25) is 6.08 Å². The number of para-hydroxylation sites is 1. The van der Waals surface area contributed by atoms with E-state index in [-0.39, 0.29) is 21.7 Å². The molecule has 1 radical (unpaired) electrons. The van der Waals surface area contributed by atoms with Crippen LogP contribution in [0.4, 0.5) is 0 Å². The summed E-state index contributed by atoms with van der Waals surface area (Å²) in [7, 11) is 0.750. The Bertz CT molecular complexity index is 1310. The molecule has 1 aliphatic carbocycles. The van der Waals surface area contributed by atoms with Crippen molar-refractivity contribution in [3.63, 3.8) is 0 Å². The summed E-state index contributed by atoms with van der Waals surface area (Å²) >= 11 is 0. The van der Waals surface area contributed by atoms with Crippen LogP contribution in [0.5, 0.6) is 5.75 Å². The van der Waals surface area contributed by atoms with Gasteiger partial charge in [0.1, 0.15) is 11.5 Å². The smallest absolute Gasteiger partial charge is 0.142 e. The first-order valence-corrected chi connectivity index (χ1v) is 15.3. The Labute approximate surface area is 252 Å². The van der Waals surface area contributed by atoms with Gasteiger partial charge in [-0.25, -0.2) is 12.2 Å². The third-order valence-corrected chi connectivity index (χ3v) is 5.43. The van der Waals surface area contributed by atoms with Crippen molar-refractivity contribution in [3.05, 3.63) is 168 Å². The maximum atomic E-state index is 6.45. The molecule has 0 aliphatic heterocycles. The fraction of sp³-hybridized carbons (Fsp3) is 0.111. The quantitative estimate of drug-likeness (QED) is 0.0750. The van der Waals surface area contributed by atoms with Crippen molar-refractivity contribution in [1.82, 2.24) is 0 Å². The van der Waals surface area contributed by atoms with Gasteiger partial charge in [-0.15, -0.1) is 6.42 Å². The summed E-state index contributed by atoms with van der Waals surface area (Å²) in [4.78, 5) is 0. The summed E-state index contributed by atoms with van der Waals surface area (Å²) in [6.07, 6.45) is 14.3. The molecule has 195 valence electrons. The summed E-state index contributed by atoms with van der Waals surface area (Å²) in [6.45, 7) is 6.52. The van der Waals surface area contributed by atoms with Gasteiger partial charge in [0.15, 0.2) is 0 Å². The van der Waals surface area contributed by atoms with E-state index >= 15 is 0 Å². The molecule has 0 N–H and O–H groups in total. The first-order valence-electron chi connectivity index (χ1n) is 13.0.